The molecule has 0 saturated carbocycles. The van der Waals surface area contributed by atoms with Crippen LogP contribution in [0.25, 0.3) is 11.1 Å². The van der Waals surface area contributed by atoms with Gasteiger partial charge in [-0.05, 0) is 48.2 Å². The highest BCUT2D eigenvalue weighted by atomic mass is 32.2. The highest BCUT2D eigenvalue weighted by molar-refractivity contribution is 7.85. The standard InChI is InChI=1S/C15H14O4S/c1-10-6-7-13(20(17,18)19)8-14(10)15-11(2)4-3-5-12(15)9-16/h3-9H,1-2H3,(H,17,18,19). The van der Waals surface area contributed by atoms with E-state index in [1.165, 1.54) is 12.1 Å². The second-order valence-electron chi connectivity index (χ2n) is 4.61. The lowest BCUT2D eigenvalue weighted by Gasteiger charge is -2.13. The Hall–Kier alpha value is -1.98. The van der Waals surface area contributed by atoms with Crippen LogP contribution in [0.4, 0.5) is 0 Å². The predicted molar refractivity (Wildman–Crippen MR) is 76.6 cm³/mol. The fraction of sp³-hybridized carbons (Fsp3) is 0.133. The molecule has 104 valence electrons. The van der Waals surface area contributed by atoms with Gasteiger partial charge in [0.1, 0.15) is 0 Å². The van der Waals surface area contributed by atoms with Crippen LogP contribution in [0, 0.1) is 13.8 Å². The Labute approximate surface area is 117 Å². The van der Waals surface area contributed by atoms with Crippen molar-refractivity contribution in [3.05, 3.63) is 53.1 Å². The summed E-state index contributed by atoms with van der Waals surface area (Å²) in [5.41, 5.74) is 3.49. The van der Waals surface area contributed by atoms with Gasteiger partial charge in [-0.25, -0.2) is 0 Å². The minimum Gasteiger partial charge on any atom is -0.298 e. The largest absolute Gasteiger partial charge is 0.298 e. The third-order valence-electron chi connectivity index (χ3n) is 3.21. The highest BCUT2D eigenvalue weighted by Crippen LogP contribution is 2.31. The number of aryl methyl sites for hydroxylation is 2. The Bertz CT molecular complexity index is 776. The smallest absolute Gasteiger partial charge is 0.294 e. The van der Waals surface area contributed by atoms with Crippen molar-refractivity contribution >= 4 is 16.4 Å². The summed E-state index contributed by atoms with van der Waals surface area (Å²) in [4.78, 5) is 11.0. The van der Waals surface area contributed by atoms with Crippen LogP contribution < -0.4 is 0 Å². The summed E-state index contributed by atoms with van der Waals surface area (Å²) < 4.78 is 31.7. The van der Waals surface area contributed by atoms with Crippen LogP contribution in [0.3, 0.4) is 0 Å². The summed E-state index contributed by atoms with van der Waals surface area (Å²) in [6.45, 7) is 3.67. The SMILES string of the molecule is Cc1ccc(S(=O)(=O)O)cc1-c1c(C)cccc1C=O. The van der Waals surface area contributed by atoms with Crippen molar-refractivity contribution in [1.29, 1.82) is 0 Å². The average Bonchev–Trinajstić information content (AvgIpc) is 2.38. The van der Waals surface area contributed by atoms with E-state index < -0.39 is 10.1 Å². The number of hydrogen-bond donors (Lipinski definition) is 1. The first-order chi connectivity index (χ1) is 9.34. The van der Waals surface area contributed by atoms with Gasteiger partial charge in [-0.15, -0.1) is 0 Å². The molecule has 1 N–H and O–H groups in total. The number of carbonyl (C=O) groups is 1. The van der Waals surface area contributed by atoms with Crippen LogP contribution in [0.2, 0.25) is 0 Å². The zero-order chi connectivity index (χ0) is 14.9. The van der Waals surface area contributed by atoms with Gasteiger partial charge in [-0.1, -0.05) is 24.3 Å². The first-order valence-corrected chi connectivity index (χ1v) is 7.42. The number of rotatable bonds is 3. The van der Waals surface area contributed by atoms with E-state index in [1.807, 2.05) is 19.9 Å². The van der Waals surface area contributed by atoms with E-state index in [2.05, 4.69) is 0 Å². The fourth-order valence-corrected chi connectivity index (χ4v) is 2.69. The van der Waals surface area contributed by atoms with Crippen molar-refractivity contribution < 1.29 is 17.8 Å². The van der Waals surface area contributed by atoms with E-state index in [1.54, 1.807) is 18.2 Å². The molecule has 0 atom stereocenters. The molecule has 20 heavy (non-hydrogen) atoms. The lowest BCUT2D eigenvalue weighted by atomic mass is 9.93. The summed E-state index contributed by atoms with van der Waals surface area (Å²) in [5.74, 6) is 0. The van der Waals surface area contributed by atoms with Gasteiger partial charge in [0.05, 0.1) is 4.90 Å². The van der Waals surface area contributed by atoms with E-state index >= 15 is 0 Å². The molecule has 0 radical (unpaired) electrons. The second kappa shape index (κ2) is 5.19. The van der Waals surface area contributed by atoms with Crippen LogP contribution in [-0.2, 0) is 10.1 Å². The maximum atomic E-state index is 11.3. The molecule has 2 aromatic rings. The van der Waals surface area contributed by atoms with Crippen molar-refractivity contribution in [2.45, 2.75) is 18.7 Å². The van der Waals surface area contributed by atoms with Crippen LogP contribution in [0.1, 0.15) is 21.5 Å². The third kappa shape index (κ3) is 2.64. The van der Waals surface area contributed by atoms with Gasteiger partial charge in [0.2, 0.25) is 0 Å². The zero-order valence-corrected chi connectivity index (χ0v) is 11.9. The predicted octanol–water partition coefficient (Wildman–Crippen LogP) is 3.03. The Balaban J connectivity index is 2.80. The maximum absolute atomic E-state index is 11.3. The molecule has 0 saturated heterocycles. The molecule has 0 unspecified atom stereocenters. The number of carbonyl (C=O) groups excluding carboxylic acids is 1. The Morgan fingerprint density at radius 2 is 1.75 bits per heavy atom. The van der Waals surface area contributed by atoms with Crippen molar-refractivity contribution in [2.24, 2.45) is 0 Å². The van der Waals surface area contributed by atoms with E-state index in [-0.39, 0.29) is 4.90 Å². The van der Waals surface area contributed by atoms with Crippen LogP contribution in [0.15, 0.2) is 41.3 Å². The summed E-state index contributed by atoms with van der Waals surface area (Å²) in [7, 11) is -4.27. The van der Waals surface area contributed by atoms with E-state index in [0.717, 1.165) is 17.4 Å². The topological polar surface area (TPSA) is 71.4 Å². The van der Waals surface area contributed by atoms with Gasteiger partial charge in [-0.3, -0.25) is 9.35 Å². The highest BCUT2D eigenvalue weighted by Gasteiger charge is 2.15. The molecule has 4 nitrogen and oxygen atoms in total. The van der Waals surface area contributed by atoms with Gasteiger partial charge >= 0.3 is 0 Å². The minimum atomic E-state index is -4.27. The normalized spacial score (nSPS) is 11.3. The van der Waals surface area contributed by atoms with E-state index in [0.29, 0.717) is 16.7 Å². The molecule has 0 aliphatic heterocycles. The molecule has 0 aliphatic rings. The fourth-order valence-electron chi connectivity index (χ4n) is 2.19. The van der Waals surface area contributed by atoms with Gasteiger partial charge < -0.3 is 0 Å². The molecule has 0 aliphatic carbocycles. The van der Waals surface area contributed by atoms with E-state index in [9.17, 15) is 13.2 Å². The third-order valence-corrected chi connectivity index (χ3v) is 4.06. The summed E-state index contributed by atoms with van der Waals surface area (Å²) in [6.07, 6.45) is 0.738. The number of benzene rings is 2. The first kappa shape index (κ1) is 14.4. The van der Waals surface area contributed by atoms with Crippen LogP contribution >= 0.6 is 0 Å². The molecule has 2 aromatic carbocycles. The Morgan fingerprint density at radius 3 is 2.35 bits per heavy atom. The molecule has 0 bridgehead atoms. The lowest BCUT2D eigenvalue weighted by molar-refractivity contribution is 0.112. The summed E-state index contributed by atoms with van der Waals surface area (Å²) in [6, 6.07) is 9.63. The summed E-state index contributed by atoms with van der Waals surface area (Å²) in [5, 5.41) is 0. The van der Waals surface area contributed by atoms with Gasteiger partial charge in [0.25, 0.3) is 10.1 Å². The van der Waals surface area contributed by atoms with Crippen LogP contribution in [0.5, 0.6) is 0 Å². The second-order valence-corrected chi connectivity index (χ2v) is 6.03. The lowest BCUT2D eigenvalue weighted by Crippen LogP contribution is -2.00. The number of aldehydes is 1. The van der Waals surface area contributed by atoms with Crippen molar-refractivity contribution in [2.75, 3.05) is 0 Å². The first-order valence-electron chi connectivity index (χ1n) is 5.98. The minimum absolute atomic E-state index is 0.182. The van der Waals surface area contributed by atoms with Gasteiger partial charge in [0, 0.05) is 5.56 Å². The molecular formula is C15H14O4S. The van der Waals surface area contributed by atoms with Gasteiger partial charge in [-0.2, -0.15) is 8.42 Å². The monoisotopic (exact) mass is 290 g/mol. The maximum Gasteiger partial charge on any atom is 0.294 e. The van der Waals surface area contributed by atoms with Crippen molar-refractivity contribution in [3.8, 4) is 11.1 Å². The Morgan fingerprint density at radius 1 is 1.05 bits per heavy atom. The molecule has 0 amide bonds. The molecule has 0 spiro atoms. The molecule has 0 heterocycles. The molecule has 5 heteroatoms. The zero-order valence-electron chi connectivity index (χ0n) is 11.1. The number of hydrogen-bond acceptors (Lipinski definition) is 3. The van der Waals surface area contributed by atoms with Crippen molar-refractivity contribution in [1.82, 2.24) is 0 Å². The molecular weight excluding hydrogens is 276 g/mol. The molecule has 0 fully saturated rings. The van der Waals surface area contributed by atoms with Gasteiger partial charge in [0.15, 0.2) is 6.29 Å². The molecule has 2 rings (SSSR count). The Kier molecular flexibility index (Phi) is 3.74. The summed E-state index contributed by atoms with van der Waals surface area (Å²) >= 11 is 0. The van der Waals surface area contributed by atoms with E-state index in [4.69, 9.17) is 4.55 Å². The average molecular weight is 290 g/mol. The van der Waals surface area contributed by atoms with Crippen LogP contribution in [-0.4, -0.2) is 19.3 Å². The molecule has 0 aromatic heterocycles. The van der Waals surface area contributed by atoms with Crippen molar-refractivity contribution in [3.63, 3.8) is 0 Å². The quantitative estimate of drug-likeness (QED) is 0.696.